The molecule has 1 fully saturated rings. The molecule has 2 aliphatic heterocycles. The van der Waals surface area contributed by atoms with Gasteiger partial charge in [-0.05, 0) is 40.8 Å². The molecular formula is C20H23N9O2. The average molecular weight is 421 g/mol. The molecule has 2 aliphatic rings. The third kappa shape index (κ3) is 4.03. The summed E-state index contributed by atoms with van der Waals surface area (Å²) in [6, 6.07) is 8.21. The minimum Gasteiger partial charge on any atom is -0.336 e. The van der Waals surface area contributed by atoms with E-state index in [0.29, 0.717) is 31.9 Å². The van der Waals surface area contributed by atoms with Gasteiger partial charge in [0.2, 0.25) is 5.91 Å². The number of benzene rings is 1. The first-order valence-corrected chi connectivity index (χ1v) is 10.4. The smallest absolute Gasteiger partial charge is 0.276 e. The molecule has 0 bridgehead atoms. The highest BCUT2D eigenvalue weighted by Gasteiger charge is 2.30. The number of likely N-dealkylation sites (tertiary alicyclic amines) is 1. The fourth-order valence-corrected chi connectivity index (χ4v) is 4.37. The predicted octanol–water partition coefficient (Wildman–Crippen LogP) is 0.154. The van der Waals surface area contributed by atoms with Crippen LogP contribution in [0.1, 0.15) is 34.5 Å². The molecule has 11 heteroatoms. The van der Waals surface area contributed by atoms with Crippen LogP contribution in [0, 0.1) is 0 Å². The highest BCUT2D eigenvalue weighted by atomic mass is 16.2. The number of rotatable bonds is 5. The molecule has 1 aromatic carbocycles. The van der Waals surface area contributed by atoms with Crippen molar-refractivity contribution in [3.8, 4) is 0 Å². The van der Waals surface area contributed by atoms with E-state index in [4.69, 9.17) is 0 Å². The van der Waals surface area contributed by atoms with Gasteiger partial charge in [-0.1, -0.05) is 29.5 Å². The maximum Gasteiger partial charge on any atom is 0.276 e. The molecule has 0 saturated carbocycles. The van der Waals surface area contributed by atoms with Crippen molar-refractivity contribution in [1.29, 1.82) is 0 Å². The lowest BCUT2D eigenvalue weighted by molar-refractivity contribution is -0.133. The zero-order valence-electron chi connectivity index (χ0n) is 17.0. The molecule has 0 radical (unpaired) electrons. The van der Waals surface area contributed by atoms with E-state index in [2.05, 4.69) is 38.0 Å². The van der Waals surface area contributed by atoms with E-state index in [9.17, 15) is 9.59 Å². The van der Waals surface area contributed by atoms with Gasteiger partial charge in [0.25, 0.3) is 5.91 Å². The molecular weight excluding hydrogens is 398 g/mol. The van der Waals surface area contributed by atoms with Crippen molar-refractivity contribution in [2.45, 2.75) is 44.9 Å². The molecule has 31 heavy (non-hydrogen) atoms. The van der Waals surface area contributed by atoms with Crippen molar-refractivity contribution in [1.82, 2.24) is 45.0 Å². The van der Waals surface area contributed by atoms with Crippen molar-refractivity contribution in [3.63, 3.8) is 0 Å². The summed E-state index contributed by atoms with van der Waals surface area (Å²) >= 11 is 0. The second kappa shape index (κ2) is 8.25. The van der Waals surface area contributed by atoms with E-state index in [0.717, 1.165) is 19.3 Å². The zero-order valence-corrected chi connectivity index (χ0v) is 17.0. The van der Waals surface area contributed by atoms with E-state index in [1.807, 2.05) is 21.9 Å². The Hall–Kier alpha value is -3.63. The number of fused-ring (bicyclic) bond motifs is 1. The predicted molar refractivity (Wildman–Crippen MR) is 107 cm³/mol. The number of hydrogen-bond donors (Lipinski definition) is 0. The summed E-state index contributed by atoms with van der Waals surface area (Å²) < 4.78 is 3.08. The lowest BCUT2D eigenvalue weighted by Gasteiger charge is -2.28. The van der Waals surface area contributed by atoms with Gasteiger partial charge in [-0.2, -0.15) is 0 Å². The molecule has 3 aromatic rings. The van der Waals surface area contributed by atoms with Gasteiger partial charge in [0.05, 0.1) is 18.8 Å². The van der Waals surface area contributed by atoms with E-state index in [-0.39, 0.29) is 24.4 Å². The number of amides is 2. The second-order valence-electron chi connectivity index (χ2n) is 7.96. The minimum atomic E-state index is -0.112. The van der Waals surface area contributed by atoms with Crippen LogP contribution in [0.5, 0.6) is 0 Å². The van der Waals surface area contributed by atoms with Crippen LogP contribution in [0.3, 0.4) is 0 Å². The first kappa shape index (κ1) is 19.3. The largest absolute Gasteiger partial charge is 0.336 e. The van der Waals surface area contributed by atoms with E-state index >= 15 is 0 Å². The van der Waals surface area contributed by atoms with Gasteiger partial charge in [0.1, 0.15) is 12.9 Å². The fraction of sp³-hybridized carbons (Fsp3) is 0.450. The average Bonchev–Trinajstić information content (AvgIpc) is 3.55. The Morgan fingerprint density at radius 3 is 2.77 bits per heavy atom. The van der Waals surface area contributed by atoms with Crippen LogP contribution in [0.25, 0.3) is 0 Å². The first-order chi connectivity index (χ1) is 15.2. The highest BCUT2D eigenvalue weighted by molar-refractivity contribution is 5.92. The van der Waals surface area contributed by atoms with Gasteiger partial charge in [-0.3, -0.25) is 9.59 Å². The molecule has 0 aliphatic carbocycles. The van der Waals surface area contributed by atoms with Crippen molar-refractivity contribution in [2.24, 2.45) is 0 Å². The number of tetrazole rings is 1. The van der Waals surface area contributed by atoms with Gasteiger partial charge in [0, 0.05) is 19.6 Å². The van der Waals surface area contributed by atoms with Gasteiger partial charge in [0.15, 0.2) is 5.69 Å². The van der Waals surface area contributed by atoms with Crippen LogP contribution in [-0.2, 0) is 30.8 Å². The van der Waals surface area contributed by atoms with Gasteiger partial charge < -0.3 is 9.80 Å². The normalized spacial score (nSPS) is 18.3. The topological polar surface area (TPSA) is 115 Å². The van der Waals surface area contributed by atoms with Crippen LogP contribution in [0.4, 0.5) is 0 Å². The molecule has 4 heterocycles. The minimum absolute atomic E-state index is 0.00972. The third-order valence-electron chi connectivity index (χ3n) is 5.96. The zero-order chi connectivity index (χ0) is 21.2. The van der Waals surface area contributed by atoms with Crippen LogP contribution < -0.4 is 0 Å². The summed E-state index contributed by atoms with van der Waals surface area (Å²) in [5.74, 6) is -0.142. The fourth-order valence-electron chi connectivity index (χ4n) is 4.37. The summed E-state index contributed by atoms with van der Waals surface area (Å²) in [7, 11) is 0. The Bertz CT molecular complexity index is 1080. The lowest BCUT2D eigenvalue weighted by atomic mass is 10.00. The molecule has 1 unspecified atom stereocenters. The Kier molecular flexibility index (Phi) is 5.14. The number of hydrogen-bond acceptors (Lipinski definition) is 7. The Labute approximate surface area is 178 Å². The van der Waals surface area contributed by atoms with Crippen LogP contribution in [0.15, 0.2) is 36.8 Å². The SMILES string of the molecule is O=C(c1cn(CC2CCCN2C(=O)Cn2cnnn2)nn1)N1CCc2ccccc2C1. The molecule has 2 aromatic heterocycles. The first-order valence-electron chi connectivity index (χ1n) is 10.4. The standard InChI is InChI=1S/C20H23N9O2/c30-19(13-28-14-21-23-25-28)29-8-3-6-17(29)11-27-12-18(22-24-27)20(31)26-9-7-15-4-1-2-5-16(15)10-26/h1-2,4-5,12,14,17H,3,6-11,13H2. The van der Waals surface area contributed by atoms with Crippen LogP contribution in [-0.4, -0.2) is 75.9 Å². The van der Waals surface area contributed by atoms with Gasteiger partial charge >= 0.3 is 0 Å². The van der Waals surface area contributed by atoms with Crippen molar-refractivity contribution in [2.75, 3.05) is 13.1 Å². The summed E-state index contributed by atoms with van der Waals surface area (Å²) in [5.41, 5.74) is 2.81. The van der Waals surface area contributed by atoms with E-state index in [1.54, 1.807) is 10.9 Å². The molecule has 2 amide bonds. The van der Waals surface area contributed by atoms with Crippen molar-refractivity contribution < 1.29 is 9.59 Å². The van der Waals surface area contributed by atoms with Gasteiger partial charge in [-0.15, -0.1) is 10.2 Å². The maximum absolute atomic E-state index is 12.9. The Morgan fingerprint density at radius 2 is 1.94 bits per heavy atom. The highest BCUT2D eigenvalue weighted by Crippen LogP contribution is 2.21. The maximum atomic E-state index is 12.9. The van der Waals surface area contributed by atoms with E-state index in [1.165, 1.54) is 22.1 Å². The number of aromatic nitrogens is 7. The molecule has 11 nitrogen and oxygen atoms in total. The molecule has 0 spiro atoms. The van der Waals surface area contributed by atoms with Crippen molar-refractivity contribution in [3.05, 3.63) is 53.6 Å². The second-order valence-corrected chi connectivity index (χ2v) is 7.96. The Balaban J connectivity index is 1.22. The summed E-state index contributed by atoms with van der Waals surface area (Å²) in [6.07, 6.45) is 5.77. The molecule has 5 rings (SSSR count). The summed E-state index contributed by atoms with van der Waals surface area (Å²) in [4.78, 5) is 29.2. The monoisotopic (exact) mass is 421 g/mol. The van der Waals surface area contributed by atoms with Crippen LogP contribution in [0.2, 0.25) is 0 Å². The summed E-state index contributed by atoms with van der Waals surface area (Å²) in [5, 5.41) is 19.1. The number of carbonyl (C=O) groups is 2. The molecule has 1 saturated heterocycles. The number of nitrogens with zero attached hydrogens (tertiary/aromatic N) is 9. The quantitative estimate of drug-likeness (QED) is 0.576. The summed E-state index contributed by atoms with van der Waals surface area (Å²) in [6.45, 7) is 2.57. The third-order valence-corrected chi connectivity index (χ3v) is 5.96. The van der Waals surface area contributed by atoms with E-state index < -0.39 is 0 Å². The van der Waals surface area contributed by atoms with Crippen LogP contribution >= 0.6 is 0 Å². The molecule has 1 atom stereocenters. The van der Waals surface area contributed by atoms with Gasteiger partial charge in [-0.25, -0.2) is 9.36 Å². The lowest BCUT2D eigenvalue weighted by Crippen LogP contribution is -2.40. The Morgan fingerprint density at radius 1 is 1.06 bits per heavy atom. The molecule has 0 N–H and O–H groups in total. The molecule has 160 valence electrons. The number of carbonyl (C=O) groups excluding carboxylic acids is 2. The van der Waals surface area contributed by atoms with Crippen molar-refractivity contribution >= 4 is 11.8 Å².